The standard InChI is InChI=1S/C14H11FN2O2S/c1-2-10-4-3-5-11(8-10)17-20(18,19)12-6-7-13(15)14(16)9-12/h1,3-9,17H,16H2. The fourth-order valence-corrected chi connectivity index (χ4v) is 2.66. The summed E-state index contributed by atoms with van der Waals surface area (Å²) in [6.07, 6.45) is 5.24. The monoisotopic (exact) mass is 290 g/mol. The molecule has 0 saturated carbocycles. The molecule has 3 N–H and O–H groups in total. The predicted octanol–water partition coefficient (Wildman–Crippen LogP) is 2.19. The van der Waals surface area contributed by atoms with E-state index in [0.29, 0.717) is 11.3 Å². The van der Waals surface area contributed by atoms with Crippen molar-refractivity contribution in [2.45, 2.75) is 4.90 Å². The molecule has 0 atom stereocenters. The molecule has 2 aromatic rings. The van der Waals surface area contributed by atoms with Crippen LogP contribution in [0.2, 0.25) is 0 Å². The zero-order chi connectivity index (χ0) is 14.8. The van der Waals surface area contributed by atoms with E-state index in [9.17, 15) is 12.8 Å². The Kier molecular flexibility index (Phi) is 3.63. The zero-order valence-electron chi connectivity index (χ0n) is 10.3. The molecular formula is C14H11FN2O2S. The Morgan fingerprint density at radius 2 is 1.95 bits per heavy atom. The minimum Gasteiger partial charge on any atom is -0.396 e. The molecule has 0 bridgehead atoms. The van der Waals surface area contributed by atoms with E-state index in [1.807, 2.05) is 0 Å². The molecule has 0 aromatic heterocycles. The number of rotatable bonds is 3. The number of halogens is 1. The Morgan fingerprint density at radius 3 is 2.60 bits per heavy atom. The molecule has 20 heavy (non-hydrogen) atoms. The molecule has 4 nitrogen and oxygen atoms in total. The summed E-state index contributed by atoms with van der Waals surface area (Å²) in [7, 11) is -3.84. The molecule has 0 aliphatic heterocycles. The van der Waals surface area contributed by atoms with Crippen LogP contribution in [0.4, 0.5) is 15.8 Å². The van der Waals surface area contributed by atoms with Crippen molar-refractivity contribution in [1.82, 2.24) is 0 Å². The van der Waals surface area contributed by atoms with Gasteiger partial charge in [0.15, 0.2) is 0 Å². The van der Waals surface area contributed by atoms with Crippen LogP contribution in [0.1, 0.15) is 5.56 Å². The first-order valence-corrected chi connectivity index (χ1v) is 7.05. The summed E-state index contributed by atoms with van der Waals surface area (Å²) >= 11 is 0. The Labute approximate surface area is 116 Å². The van der Waals surface area contributed by atoms with Gasteiger partial charge >= 0.3 is 0 Å². The van der Waals surface area contributed by atoms with Gasteiger partial charge in [-0.2, -0.15) is 0 Å². The van der Waals surface area contributed by atoms with Gasteiger partial charge in [-0.1, -0.05) is 12.0 Å². The van der Waals surface area contributed by atoms with Gasteiger partial charge in [0.05, 0.1) is 16.3 Å². The van der Waals surface area contributed by atoms with E-state index < -0.39 is 15.8 Å². The molecule has 0 radical (unpaired) electrons. The van der Waals surface area contributed by atoms with Gasteiger partial charge in [0, 0.05) is 5.56 Å². The molecule has 0 fully saturated rings. The number of sulfonamides is 1. The molecule has 0 amide bonds. The summed E-state index contributed by atoms with van der Waals surface area (Å²) in [4.78, 5) is -0.123. The summed E-state index contributed by atoms with van der Waals surface area (Å²) in [5.74, 6) is 1.74. The quantitative estimate of drug-likeness (QED) is 0.672. The van der Waals surface area contributed by atoms with Gasteiger partial charge in [-0.3, -0.25) is 4.72 Å². The highest BCUT2D eigenvalue weighted by Crippen LogP contribution is 2.20. The van der Waals surface area contributed by atoms with Crippen molar-refractivity contribution in [3.8, 4) is 12.3 Å². The smallest absolute Gasteiger partial charge is 0.261 e. The van der Waals surface area contributed by atoms with E-state index in [2.05, 4.69) is 10.6 Å². The van der Waals surface area contributed by atoms with Crippen LogP contribution < -0.4 is 10.5 Å². The first-order chi connectivity index (χ1) is 9.42. The topological polar surface area (TPSA) is 72.2 Å². The number of benzene rings is 2. The van der Waals surface area contributed by atoms with E-state index in [0.717, 1.165) is 18.2 Å². The molecule has 0 aliphatic rings. The number of nitrogens with two attached hydrogens (primary N) is 1. The van der Waals surface area contributed by atoms with Gasteiger partial charge in [0.2, 0.25) is 0 Å². The molecule has 2 rings (SSSR count). The van der Waals surface area contributed by atoms with Crippen molar-refractivity contribution in [3.63, 3.8) is 0 Å². The lowest BCUT2D eigenvalue weighted by Crippen LogP contribution is -2.13. The van der Waals surface area contributed by atoms with Gasteiger partial charge in [-0.25, -0.2) is 12.8 Å². The van der Waals surface area contributed by atoms with Gasteiger partial charge in [0.1, 0.15) is 5.82 Å². The normalized spacial score (nSPS) is 10.8. The lowest BCUT2D eigenvalue weighted by molar-refractivity contribution is 0.600. The van der Waals surface area contributed by atoms with Crippen LogP contribution in [0.15, 0.2) is 47.4 Å². The first kappa shape index (κ1) is 13.9. The lowest BCUT2D eigenvalue weighted by atomic mass is 10.2. The Hall–Kier alpha value is -2.52. The maximum absolute atomic E-state index is 13.1. The van der Waals surface area contributed by atoms with E-state index in [1.54, 1.807) is 18.2 Å². The number of nitrogen functional groups attached to an aromatic ring is 1. The van der Waals surface area contributed by atoms with Crippen LogP contribution in [0.3, 0.4) is 0 Å². The van der Waals surface area contributed by atoms with Gasteiger partial charge < -0.3 is 5.73 Å². The summed E-state index contributed by atoms with van der Waals surface area (Å²) in [6, 6.07) is 9.58. The van der Waals surface area contributed by atoms with E-state index in [1.165, 1.54) is 6.07 Å². The minimum atomic E-state index is -3.84. The number of anilines is 2. The van der Waals surface area contributed by atoms with Crippen LogP contribution in [-0.4, -0.2) is 8.42 Å². The summed E-state index contributed by atoms with van der Waals surface area (Å²) in [6.45, 7) is 0. The second-order valence-corrected chi connectivity index (χ2v) is 5.70. The zero-order valence-corrected chi connectivity index (χ0v) is 11.1. The minimum absolute atomic E-state index is 0.123. The van der Waals surface area contributed by atoms with Crippen LogP contribution >= 0.6 is 0 Å². The van der Waals surface area contributed by atoms with Crippen LogP contribution in [0, 0.1) is 18.2 Å². The Bertz CT molecular complexity index is 795. The van der Waals surface area contributed by atoms with Crippen molar-refractivity contribution < 1.29 is 12.8 Å². The number of nitrogens with one attached hydrogen (secondary N) is 1. The maximum atomic E-state index is 13.1. The van der Waals surface area contributed by atoms with Crippen molar-refractivity contribution in [1.29, 1.82) is 0 Å². The molecule has 6 heteroatoms. The van der Waals surface area contributed by atoms with Gasteiger partial charge in [-0.15, -0.1) is 6.42 Å². The lowest BCUT2D eigenvalue weighted by Gasteiger charge is -2.09. The third kappa shape index (κ3) is 2.90. The second kappa shape index (κ2) is 5.23. The molecule has 0 heterocycles. The number of terminal acetylenes is 1. The molecule has 0 spiro atoms. The van der Waals surface area contributed by atoms with Crippen molar-refractivity contribution in [3.05, 3.63) is 53.8 Å². The Morgan fingerprint density at radius 1 is 1.20 bits per heavy atom. The second-order valence-electron chi connectivity index (χ2n) is 4.01. The summed E-state index contributed by atoms with van der Waals surface area (Å²) in [5, 5.41) is 0. The Balaban J connectivity index is 2.35. The van der Waals surface area contributed by atoms with E-state index >= 15 is 0 Å². The van der Waals surface area contributed by atoms with E-state index in [4.69, 9.17) is 12.2 Å². The third-order valence-electron chi connectivity index (χ3n) is 2.56. The highest BCUT2D eigenvalue weighted by atomic mass is 32.2. The highest BCUT2D eigenvalue weighted by Gasteiger charge is 2.15. The van der Waals surface area contributed by atoms with E-state index in [-0.39, 0.29) is 10.6 Å². The van der Waals surface area contributed by atoms with Crippen LogP contribution in [0.25, 0.3) is 0 Å². The third-order valence-corrected chi connectivity index (χ3v) is 3.94. The molecule has 0 aliphatic carbocycles. The fraction of sp³-hybridized carbons (Fsp3) is 0. The predicted molar refractivity (Wildman–Crippen MR) is 76.0 cm³/mol. The highest BCUT2D eigenvalue weighted by molar-refractivity contribution is 7.92. The van der Waals surface area contributed by atoms with Gasteiger partial charge in [0.25, 0.3) is 10.0 Å². The summed E-state index contributed by atoms with van der Waals surface area (Å²) in [5.41, 5.74) is 6.00. The fourth-order valence-electron chi connectivity index (χ4n) is 1.58. The first-order valence-electron chi connectivity index (χ1n) is 5.57. The van der Waals surface area contributed by atoms with Crippen molar-refractivity contribution in [2.75, 3.05) is 10.5 Å². The largest absolute Gasteiger partial charge is 0.396 e. The van der Waals surface area contributed by atoms with Crippen LogP contribution in [-0.2, 0) is 10.0 Å². The number of hydrogen-bond acceptors (Lipinski definition) is 3. The number of hydrogen-bond donors (Lipinski definition) is 2. The van der Waals surface area contributed by atoms with Crippen molar-refractivity contribution in [2.24, 2.45) is 0 Å². The average Bonchev–Trinajstić information content (AvgIpc) is 2.41. The maximum Gasteiger partial charge on any atom is 0.261 e. The molecular weight excluding hydrogens is 279 g/mol. The molecule has 102 valence electrons. The van der Waals surface area contributed by atoms with Crippen molar-refractivity contribution >= 4 is 21.4 Å². The average molecular weight is 290 g/mol. The molecule has 0 saturated heterocycles. The SMILES string of the molecule is C#Cc1cccc(NS(=O)(=O)c2ccc(F)c(N)c2)c1. The molecule has 2 aromatic carbocycles. The van der Waals surface area contributed by atoms with Crippen LogP contribution in [0.5, 0.6) is 0 Å². The molecule has 0 unspecified atom stereocenters. The summed E-state index contributed by atoms with van der Waals surface area (Å²) < 4.78 is 39.7. The van der Waals surface area contributed by atoms with Gasteiger partial charge in [-0.05, 0) is 36.4 Å².